The third kappa shape index (κ3) is 4.62. The van der Waals surface area contributed by atoms with Crippen molar-refractivity contribution >= 4 is 17.5 Å². The maximum atomic E-state index is 11.5. The SMILES string of the molecule is COc1ccc(C(NCCCN=[N+]=[N-])C(N)=O)cc1Cl. The molecule has 108 valence electrons. The first kappa shape index (κ1) is 16.1. The number of hydrogen-bond acceptors (Lipinski definition) is 4. The number of hydrogen-bond donors (Lipinski definition) is 2. The Hall–Kier alpha value is -1.95. The molecule has 0 aliphatic rings. The van der Waals surface area contributed by atoms with Gasteiger partial charge in [0.1, 0.15) is 11.8 Å². The number of amides is 1. The fraction of sp³-hybridized carbons (Fsp3) is 0.417. The molecule has 1 aromatic rings. The van der Waals surface area contributed by atoms with E-state index in [1.165, 1.54) is 7.11 Å². The lowest BCUT2D eigenvalue weighted by Gasteiger charge is -2.16. The molecule has 7 nitrogen and oxygen atoms in total. The number of halogens is 1. The third-order valence-corrected chi connectivity index (χ3v) is 2.94. The van der Waals surface area contributed by atoms with E-state index in [0.29, 0.717) is 35.8 Å². The number of ether oxygens (including phenoxy) is 1. The van der Waals surface area contributed by atoms with E-state index in [1.54, 1.807) is 18.2 Å². The molecule has 1 atom stereocenters. The molecule has 0 aliphatic heterocycles. The topological polar surface area (TPSA) is 113 Å². The van der Waals surface area contributed by atoms with E-state index in [4.69, 9.17) is 27.6 Å². The number of nitrogens with two attached hydrogens (primary N) is 1. The number of methoxy groups -OCH3 is 1. The van der Waals surface area contributed by atoms with Gasteiger partial charge in [-0.2, -0.15) is 0 Å². The number of rotatable bonds is 8. The van der Waals surface area contributed by atoms with Crippen molar-refractivity contribution in [2.45, 2.75) is 12.5 Å². The summed E-state index contributed by atoms with van der Waals surface area (Å²) in [5, 5.41) is 6.82. The fourth-order valence-electron chi connectivity index (χ4n) is 1.69. The Labute approximate surface area is 121 Å². The van der Waals surface area contributed by atoms with Crippen molar-refractivity contribution in [3.8, 4) is 5.75 Å². The number of carbonyl (C=O) groups excluding carboxylic acids is 1. The van der Waals surface area contributed by atoms with E-state index < -0.39 is 11.9 Å². The lowest BCUT2D eigenvalue weighted by Crippen LogP contribution is -2.34. The van der Waals surface area contributed by atoms with Gasteiger partial charge in [-0.15, -0.1) is 0 Å². The highest BCUT2D eigenvalue weighted by Gasteiger charge is 2.18. The second-order valence-electron chi connectivity index (χ2n) is 3.99. The van der Waals surface area contributed by atoms with Gasteiger partial charge >= 0.3 is 0 Å². The lowest BCUT2D eigenvalue weighted by atomic mass is 10.1. The minimum absolute atomic E-state index is 0.359. The van der Waals surface area contributed by atoms with E-state index in [2.05, 4.69) is 15.3 Å². The van der Waals surface area contributed by atoms with E-state index in [1.807, 2.05) is 0 Å². The Bertz CT molecular complexity index is 517. The predicted molar refractivity (Wildman–Crippen MR) is 76.6 cm³/mol. The average Bonchev–Trinajstić information content (AvgIpc) is 2.42. The van der Waals surface area contributed by atoms with Crippen molar-refractivity contribution in [3.05, 3.63) is 39.2 Å². The molecule has 3 N–H and O–H groups in total. The molecule has 0 spiro atoms. The van der Waals surface area contributed by atoms with Crippen LogP contribution in [0, 0.1) is 0 Å². The zero-order valence-electron chi connectivity index (χ0n) is 11.0. The van der Waals surface area contributed by atoms with E-state index in [0.717, 1.165) is 0 Å². The molecule has 1 amide bonds. The first-order chi connectivity index (χ1) is 9.60. The molecule has 8 heteroatoms. The summed E-state index contributed by atoms with van der Waals surface area (Å²) in [6.45, 7) is 0.856. The van der Waals surface area contributed by atoms with E-state index in [-0.39, 0.29) is 0 Å². The van der Waals surface area contributed by atoms with Crippen molar-refractivity contribution in [2.75, 3.05) is 20.2 Å². The van der Waals surface area contributed by atoms with Crippen LogP contribution < -0.4 is 15.8 Å². The van der Waals surface area contributed by atoms with Crippen LogP contribution in [0.1, 0.15) is 18.0 Å². The monoisotopic (exact) mass is 297 g/mol. The number of azide groups is 1. The number of nitrogens with one attached hydrogen (secondary N) is 1. The Morgan fingerprint density at radius 2 is 2.40 bits per heavy atom. The summed E-state index contributed by atoms with van der Waals surface area (Å²) in [5.41, 5.74) is 14.2. The summed E-state index contributed by atoms with van der Waals surface area (Å²) in [5.74, 6) is 0.0250. The summed E-state index contributed by atoms with van der Waals surface area (Å²) >= 11 is 6.02. The van der Waals surface area contributed by atoms with Gasteiger partial charge < -0.3 is 15.8 Å². The maximum absolute atomic E-state index is 11.5. The Balaban J connectivity index is 2.73. The third-order valence-electron chi connectivity index (χ3n) is 2.64. The highest BCUT2D eigenvalue weighted by atomic mass is 35.5. The average molecular weight is 298 g/mol. The minimum Gasteiger partial charge on any atom is -0.495 e. The summed E-state index contributed by atoms with van der Waals surface area (Å²) in [4.78, 5) is 14.1. The zero-order valence-corrected chi connectivity index (χ0v) is 11.8. The van der Waals surface area contributed by atoms with Crippen LogP contribution in [-0.4, -0.2) is 26.1 Å². The summed E-state index contributed by atoms with van der Waals surface area (Å²) < 4.78 is 5.05. The molecule has 0 bridgehead atoms. The molecule has 0 saturated heterocycles. The molecule has 1 rings (SSSR count). The van der Waals surface area contributed by atoms with Gasteiger partial charge in [-0.05, 0) is 36.2 Å². The molecule has 0 radical (unpaired) electrons. The smallest absolute Gasteiger partial charge is 0.239 e. The van der Waals surface area contributed by atoms with Gasteiger partial charge in [0.2, 0.25) is 5.91 Å². The largest absolute Gasteiger partial charge is 0.495 e. The van der Waals surface area contributed by atoms with Crippen LogP contribution in [0.5, 0.6) is 5.75 Å². The Morgan fingerprint density at radius 1 is 1.65 bits per heavy atom. The quantitative estimate of drug-likeness (QED) is 0.332. The maximum Gasteiger partial charge on any atom is 0.239 e. The van der Waals surface area contributed by atoms with Crippen molar-refractivity contribution in [1.29, 1.82) is 0 Å². The Morgan fingerprint density at radius 3 is 2.95 bits per heavy atom. The van der Waals surface area contributed by atoms with Crippen molar-refractivity contribution < 1.29 is 9.53 Å². The number of nitrogens with zero attached hydrogens (tertiary/aromatic N) is 3. The molecule has 1 unspecified atom stereocenters. The molecule has 0 aliphatic carbocycles. The molecule has 20 heavy (non-hydrogen) atoms. The van der Waals surface area contributed by atoms with Gasteiger partial charge in [0.25, 0.3) is 0 Å². The van der Waals surface area contributed by atoms with Gasteiger partial charge in [-0.3, -0.25) is 4.79 Å². The second-order valence-corrected chi connectivity index (χ2v) is 4.40. The number of primary amides is 1. The van der Waals surface area contributed by atoms with E-state index >= 15 is 0 Å². The van der Waals surface area contributed by atoms with Crippen LogP contribution in [0.2, 0.25) is 5.02 Å². The number of benzene rings is 1. The summed E-state index contributed by atoms with van der Waals surface area (Å²) in [7, 11) is 1.51. The van der Waals surface area contributed by atoms with Gasteiger partial charge in [0, 0.05) is 11.5 Å². The second kappa shape index (κ2) is 8.27. The minimum atomic E-state index is -0.649. The molecule has 0 fully saturated rings. The van der Waals surface area contributed by atoms with Crippen LogP contribution in [0.15, 0.2) is 23.3 Å². The molecule has 0 heterocycles. The van der Waals surface area contributed by atoms with Gasteiger partial charge in [0.15, 0.2) is 0 Å². The van der Waals surface area contributed by atoms with Crippen LogP contribution in [0.4, 0.5) is 0 Å². The molecule has 1 aromatic carbocycles. The summed E-state index contributed by atoms with van der Waals surface area (Å²) in [6.07, 6.45) is 0.609. The molecular weight excluding hydrogens is 282 g/mol. The van der Waals surface area contributed by atoms with Crippen molar-refractivity contribution in [1.82, 2.24) is 5.32 Å². The lowest BCUT2D eigenvalue weighted by molar-refractivity contribution is -0.120. The highest BCUT2D eigenvalue weighted by molar-refractivity contribution is 6.32. The van der Waals surface area contributed by atoms with Crippen LogP contribution in [0.3, 0.4) is 0 Å². The van der Waals surface area contributed by atoms with Crippen molar-refractivity contribution in [2.24, 2.45) is 10.8 Å². The first-order valence-electron chi connectivity index (χ1n) is 5.97. The van der Waals surface area contributed by atoms with Crippen LogP contribution in [0.25, 0.3) is 10.4 Å². The standard InChI is InChI=1S/C12H16ClN5O2/c1-20-10-4-3-8(7-9(10)13)11(12(14)19)16-5-2-6-17-18-15/h3-4,7,11,16H,2,5-6H2,1H3,(H2,14,19). The van der Waals surface area contributed by atoms with Crippen molar-refractivity contribution in [3.63, 3.8) is 0 Å². The summed E-state index contributed by atoms with van der Waals surface area (Å²) in [6, 6.07) is 4.39. The highest BCUT2D eigenvalue weighted by Crippen LogP contribution is 2.27. The normalized spacial score (nSPS) is 11.5. The zero-order chi connectivity index (χ0) is 15.0. The predicted octanol–water partition coefficient (Wildman–Crippen LogP) is 2.17. The fourth-order valence-corrected chi connectivity index (χ4v) is 1.95. The first-order valence-corrected chi connectivity index (χ1v) is 6.35. The van der Waals surface area contributed by atoms with Crippen LogP contribution in [-0.2, 0) is 4.79 Å². The van der Waals surface area contributed by atoms with Crippen LogP contribution >= 0.6 is 11.6 Å². The van der Waals surface area contributed by atoms with Gasteiger partial charge in [0.05, 0.1) is 12.1 Å². The molecular formula is C12H16ClN5O2. The van der Waals surface area contributed by atoms with Gasteiger partial charge in [-0.25, -0.2) is 0 Å². The molecule has 0 aromatic heterocycles. The van der Waals surface area contributed by atoms with E-state index in [9.17, 15) is 4.79 Å². The Kier molecular flexibility index (Phi) is 6.66. The van der Waals surface area contributed by atoms with Gasteiger partial charge in [-0.1, -0.05) is 22.8 Å². The number of carbonyl (C=O) groups is 1. The molecule has 0 saturated carbocycles.